The number of carbonyl (C=O) groups excluding carboxylic acids is 1. The Hall–Kier alpha value is -1.55. The van der Waals surface area contributed by atoms with E-state index in [0.29, 0.717) is 0 Å². The van der Waals surface area contributed by atoms with Crippen LogP contribution in [0.25, 0.3) is 0 Å². The highest BCUT2D eigenvalue weighted by molar-refractivity contribution is 5.94. The summed E-state index contributed by atoms with van der Waals surface area (Å²) in [7, 11) is 0. The van der Waals surface area contributed by atoms with Gasteiger partial charge in [-0.15, -0.1) is 0 Å². The number of carbonyl (C=O) groups is 1. The van der Waals surface area contributed by atoms with Crippen molar-refractivity contribution in [2.75, 3.05) is 42.9 Å². The molecule has 4 heteroatoms. The molecule has 0 spiro atoms. The number of amides is 1. The SMILES string of the molecule is O=C(Nc1cccc(N2CCN(CC3CC3)CC2)c1)C1CC1. The number of nitrogens with zero attached hydrogens (tertiary/aromatic N) is 2. The Labute approximate surface area is 132 Å². The number of benzene rings is 1. The Morgan fingerprint density at radius 3 is 2.55 bits per heavy atom. The Bertz CT molecular complexity index is 543. The van der Waals surface area contributed by atoms with Crippen molar-refractivity contribution in [1.29, 1.82) is 0 Å². The predicted octanol–water partition coefficient (Wildman–Crippen LogP) is 2.57. The summed E-state index contributed by atoms with van der Waals surface area (Å²) in [6.45, 7) is 5.80. The zero-order valence-corrected chi connectivity index (χ0v) is 13.1. The fourth-order valence-corrected chi connectivity index (χ4v) is 3.22. The van der Waals surface area contributed by atoms with Crippen molar-refractivity contribution in [3.8, 4) is 0 Å². The lowest BCUT2D eigenvalue weighted by atomic mass is 10.2. The first kappa shape index (κ1) is 14.1. The van der Waals surface area contributed by atoms with Crippen LogP contribution in [0.2, 0.25) is 0 Å². The third-order valence-electron chi connectivity index (χ3n) is 5.01. The number of hydrogen-bond donors (Lipinski definition) is 1. The lowest BCUT2D eigenvalue weighted by Gasteiger charge is -2.36. The van der Waals surface area contributed by atoms with Gasteiger partial charge in [0.25, 0.3) is 0 Å². The molecule has 1 heterocycles. The second-order valence-corrected chi connectivity index (χ2v) is 7.04. The maximum Gasteiger partial charge on any atom is 0.227 e. The standard InChI is InChI=1S/C18H25N3O/c22-18(15-6-7-15)19-16-2-1-3-17(12-16)21-10-8-20(9-11-21)13-14-4-5-14/h1-3,12,14-15H,4-11,13H2,(H,19,22). The monoisotopic (exact) mass is 299 g/mol. The normalized spacial score (nSPS) is 22.6. The van der Waals surface area contributed by atoms with Crippen LogP contribution < -0.4 is 10.2 Å². The van der Waals surface area contributed by atoms with Gasteiger partial charge in [-0.05, 0) is 49.8 Å². The van der Waals surface area contributed by atoms with E-state index in [0.717, 1.165) is 50.6 Å². The molecule has 4 rings (SSSR count). The van der Waals surface area contributed by atoms with Crippen molar-refractivity contribution in [3.63, 3.8) is 0 Å². The Morgan fingerprint density at radius 2 is 1.86 bits per heavy atom. The summed E-state index contributed by atoms with van der Waals surface area (Å²) >= 11 is 0. The average Bonchev–Trinajstić information content (AvgIpc) is 3.42. The topological polar surface area (TPSA) is 35.6 Å². The average molecular weight is 299 g/mol. The summed E-state index contributed by atoms with van der Waals surface area (Å²) < 4.78 is 0. The fourth-order valence-electron chi connectivity index (χ4n) is 3.22. The van der Waals surface area contributed by atoms with Gasteiger partial charge in [-0.2, -0.15) is 0 Å². The third kappa shape index (κ3) is 3.43. The first-order valence-corrected chi connectivity index (χ1v) is 8.66. The summed E-state index contributed by atoms with van der Waals surface area (Å²) in [5.41, 5.74) is 2.18. The summed E-state index contributed by atoms with van der Waals surface area (Å²) in [6, 6.07) is 8.32. The molecule has 4 nitrogen and oxygen atoms in total. The maximum atomic E-state index is 11.9. The molecule has 0 unspecified atom stereocenters. The van der Waals surface area contributed by atoms with Gasteiger partial charge in [0.2, 0.25) is 5.91 Å². The van der Waals surface area contributed by atoms with Crippen LogP contribution >= 0.6 is 0 Å². The molecule has 3 aliphatic rings. The Morgan fingerprint density at radius 1 is 1.09 bits per heavy atom. The molecule has 2 aliphatic carbocycles. The lowest BCUT2D eigenvalue weighted by molar-refractivity contribution is -0.117. The zero-order valence-electron chi connectivity index (χ0n) is 13.1. The largest absolute Gasteiger partial charge is 0.369 e. The van der Waals surface area contributed by atoms with Crippen molar-refractivity contribution in [2.45, 2.75) is 25.7 Å². The van der Waals surface area contributed by atoms with Gasteiger partial charge in [-0.3, -0.25) is 9.69 Å². The molecular weight excluding hydrogens is 274 g/mol. The van der Waals surface area contributed by atoms with Gasteiger partial charge in [-0.25, -0.2) is 0 Å². The molecule has 1 aromatic carbocycles. The van der Waals surface area contributed by atoms with Crippen LogP contribution in [0, 0.1) is 11.8 Å². The molecule has 1 N–H and O–H groups in total. The minimum atomic E-state index is 0.186. The highest BCUT2D eigenvalue weighted by Gasteiger charge is 2.30. The minimum Gasteiger partial charge on any atom is -0.369 e. The van der Waals surface area contributed by atoms with E-state index in [1.54, 1.807) is 0 Å². The summed E-state index contributed by atoms with van der Waals surface area (Å²) in [5, 5.41) is 3.05. The van der Waals surface area contributed by atoms with Crippen LogP contribution in [0.1, 0.15) is 25.7 Å². The molecule has 1 saturated heterocycles. The van der Waals surface area contributed by atoms with Crippen molar-refractivity contribution < 1.29 is 4.79 Å². The number of rotatable bonds is 5. The van der Waals surface area contributed by atoms with Crippen LogP contribution in [0.4, 0.5) is 11.4 Å². The van der Waals surface area contributed by atoms with Crippen molar-refractivity contribution in [1.82, 2.24) is 4.90 Å². The van der Waals surface area contributed by atoms with E-state index < -0.39 is 0 Å². The first-order chi connectivity index (χ1) is 10.8. The molecule has 0 atom stereocenters. The van der Waals surface area contributed by atoms with Crippen LogP contribution in [-0.4, -0.2) is 43.5 Å². The quantitative estimate of drug-likeness (QED) is 0.907. The highest BCUT2D eigenvalue weighted by Crippen LogP contribution is 2.31. The summed E-state index contributed by atoms with van der Waals surface area (Å²) in [6.07, 6.45) is 4.97. The number of hydrogen-bond acceptors (Lipinski definition) is 3. The van der Waals surface area contributed by atoms with E-state index in [2.05, 4.69) is 33.3 Å². The van der Waals surface area contributed by atoms with E-state index in [9.17, 15) is 4.79 Å². The molecule has 0 bridgehead atoms. The van der Waals surface area contributed by atoms with Gasteiger partial charge >= 0.3 is 0 Å². The predicted molar refractivity (Wildman–Crippen MR) is 89.2 cm³/mol. The van der Waals surface area contributed by atoms with Gasteiger partial charge in [-0.1, -0.05) is 6.07 Å². The summed E-state index contributed by atoms with van der Waals surface area (Å²) in [5.74, 6) is 1.42. The molecule has 0 aromatic heterocycles. The van der Waals surface area contributed by atoms with E-state index in [1.165, 1.54) is 25.1 Å². The maximum absolute atomic E-state index is 11.9. The summed E-state index contributed by atoms with van der Waals surface area (Å²) in [4.78, 5) is 16.9. The Balaban J connectivity index is 1.34. The van der Waals surface area contributed by atoms with E-state index in [-0.39, 0.29) is 11.8 Å². The molecule has 1 aromatic rings. The van der Waals surface area contributed by atoms with Gasteiger partial charge in [0.1, 0.15) is 0 Å². The van der Waals surface area contributed by atoms with Crippen LogP contribution in [0.3, 0.4) is 0 Å². The fraction of sp³-hybridized carbons (Fsp3) is 0.611. The van der Waals surface area contributed by atoms with Gasteiger partial charge in [0, 0.05) is 50.0 Å². The Kier molecular flexibility index (Phi) is 3.78. The van der Waals surface area contributed by atoms with Crippen LogP contribution in [-0.2, 0) is 4.79 Å². The van der Waals surface area contributed by atoms with Crippen LogP contribution in [0.5, 0.6) is 0 Å². The molecule has 1 amide bonds. The lowest BCUT2D eigenvalue weighted by Crippen LogP contribution is -2.47. The van der Waals surface area contributed by atoms with Crippen molar-refractivity contribution >= 4 is 17.3 Å². The highest BCUT2D eigenvalue weighted by atomic mass is 16.2. The number of nitrogens with one attached hydrogen (secondary N) is 1. The smallest absolute Gasteiger partial charge is 0.227 e. The number of anilines is 2. The van der Waals surface area contributed by atoms with Crippen molar-refractivity contribution in [3.05, 3.63) is 24.3 Å². The molecule has 118 valence electrons. The van der Waals surface area contributed by atoms with Gasteiger partial charge in [0.15, 0.2) is 0 Å². The molecular formula is C18H25N3O. The van der Waals surface area contributed by atoms with E-state index in [1.807, 2.05) is 6.07 Å². The van der Waals surface area contributed by atoms with Gasteiger partial charge < -0.3 is 10.2 Å². The van der Waals surface area contributed by atoms with E-state index >= 15 is 0 Å². The van der Waals surface area contributed by atoms with Gasteiger partial charge in [0.05, 0.1) is 0 Å². The second-order valence-electron chi connectivity index (χ2n) is 7.04. The molecule has 22 heavy (non-hydrogen) atoms. The van der Waals surface area contributed by atoms with E-state index in [4.69, 9.17) is 0 Å². The molecule has 1 aliphatic heterocycles. The van der Waals surface area contributed by atoms with Crippen LogP contribution in [0.15, 0.2) is 24.3 Å². The van der Waals surface area contributed by atoms with Crippen molar-refractivity contribution in [2.24, 2.45) is 11.8 Å². The molecule has 0 radical (unpaired) electrons. The second kappa shape index (κ2) is 5.92. The number of piperazine rings is 1. The zero-order chi connectivity index (χ0) is 14.9. The molecule has 3 fully saturated rings. The molecule has 2 saturated carbocycles. The minimum absolute atomic E-state index is 0.186. The first-order valence-electron chi connectivity index (χ1n) is 8.66. The third-order valence-corrected chi connectivity index (χ3v) is 5.01.